The van der Waals surface area contributed by atoms with Crippen LogP contribution in [-0.2, 0) is 6.42 Å². The summed E-state index contributed by atoms with van der Waals surface area (Å²) < 4.78 is 0. The van der Waals surface area contributed by atoms with Gasteiger partial charge in [-0.2, -0.15) is 5.26 Å². The van der Waals surface area contributed by atoms with E-state index < -0.39 is 0 Å². The molecule has 0 amide bonds. The van der Waals surface area contributed by atoms with Gasteiger partial charge in [0.2, 0.25) is 12.2 Å². The number of rotatable bonds is 8. The van der Waals surface area contributed by atoms with E-state index in [-0.39, 0.29) is 5.96 Å². The van der Waals surface area contributed by atoms with Gasteiger partial charge in [0.15, 0.2) is 5.96 Å². The molecule has 0 aromatic carbocycles. The van der Waals surface area contributed by atoms with Crippen molar-refractivity contribution in [2.24, 2.45) is 21.5 Å². The van der Waals surface area contributed by atoms with Crippen LogP contribution in [0, 0.1) is 11.5 Å². The number of aromatic amines is 1. The Balaban J connectivity index is 2.10. The van der Waals surface area contributed by atoms with E-state index in [1.165, 1.54) is 0 Å². The van der Waals surface area contributed by atoms with Crippen LogP contribution in [0.15, 0.2) is 22.5 Å². The molecule has 120 valence electrons. The molecule has 0 radical (unpaired) electrons. The van der Waals surface area contributed by atoms with Gasteiger partial charge in [-0.25, -0.2) is 4.98 Å². The lowest BCUT2D eigenvalue weighted by atomic mass is 10.2. The molecule has 0 saturated carbocycles. The molecular weight excluding hydrogens is 282 g/mol. The molecule has 1 heterocycles. The standard InChI is InChI=1S/C13H23N9/c1-22(13(16)20-9-14)7-6-19-12(15)18-5-3-2-4-11-8-17-10-21-11/h8,10H,2-7H2,1H3,(H2,16,20)(H,17,21)(H3,15,18,19). The van der Waals surface area contributed by atoms with Gasteiger partial charge in [-0.15, -0.1) is 4.99 Å². The number of nitrogens with zero attached hydrogens (tertiary/aromatic N) is 5. The zero-order valence-electron chi connectivity index (χ0n) is 12.8. The van der Waals surface area contributed by atoms with Crippen molar-refractivity contribution >= 4 is 11.9 Å². The Morgan fingerprint density at radius 3 is 3.00 bits per heavy atom. The summed E-state index contributed by atoms with van der Waals surface area (Å²) in [4.78, 5) is 16.4. The Bertz CT molecular complexity index is 512. The summed E-state index contributed by atoms with van der Waals surface area (Å²) in [6, 6.07) is 0. The molecule has 1 aromatic rings. The Hall–Kier alpha value is -2.76. The fraction of sp³-hybridized carbons (Fsp3) is 0.538. The number of likely N-dealkylation sites (N-methyl/N-ethyl adjacent to an activating group) is 1. The summed E-state index contributed by atoms with van der Waals surface area (Å²) in [6.45, 7) is 1.83. The van der Waals surface area contributed by atoms with Crippen molar-refractivity contribution in [1.82, 2.24) is 20.2 Å². The van der Waals surface area contributed by atoms with Gasteiger partial charge in [0.1, 0.15) is 0 Å². The van der Waals surface area contributed by atoms with E-state index in [4.69, 9.17) is 16.7 Å². The maximum absolute atomic E-state index is 8.40. The van der Waals surface area contributed by atoms with Crippen LogP contribution >= 0.6 is 0 Å². The van der Waals surface area contributed by atoms with Gasteiger partial charge < -0.3 is 26.7 Å². The van der Waals surface area contributed by atoms with E-state index in [2.05, 4.69) is 25.3 Å². The lowest BCUT2D eigenvalue weighted by Crippen LogP contribution is -2.41. The van der Waals surface area contributed by atoms with Gasteiger partial charge in [-0.1, -0.05) is 0 Å². The van der Waals surface area contributed by atoms with E-state index in [0.29, 0.717) is 25.6 Å². The molecule has 0 spiro atoms. The number of H-pyrrole nitrogens is 1. The highest BCUT2D eigenvalue weighted by molar-refractivity contribution is 5.79. The monoisotopic (exact) mass is 305 g/mol. The molecule has 0 fully saturated rings. The Morgan fingerprint density at radius 1 is 1.50 bits per heavy atom. The van der Waals surface area contributed by atoms with Crippen LogP contribution < -0.4 is 16.8 Å². The third kappa shape index (κ3) is 7.14. The van der Waals surface area contributed by atoms with Gasteiger partial charge in [0, 0.05) is 38.6 Å². The number of aromatic nitrogens is 2. The van der Waals surface area contributed by atoms with E-state index in [0.717, 1.165) is 25.0 Å². The van der Waals surface area contributed by atoms with Crippen LogP contribution in [0.3, 0.4) is 0 Å². The first-order chi connectivity index (χ1) is 10.6. The second-order valence-electron chi connectivity index (χ2n) is 4.72. The van der Waals surface area contributed by atoms with Crippen molar-refractivity contribution in [3.05, 3.63) is 18.2 Å². The average molecular weight is 305 g/mol. The van der Waals surface area contributed by atoms with Gasteiger partial charge in [0.05, 0.1) is 6.33 Å². The number of nitrogens with one attached hydrogen (secondary N) is 2. The number of hydrogen-bond donors (Lipinski definition) is 4. The first-order valence-electron chi connectivity index (χ1n) is 7.08. The number of unbranched alkanes of at least 4 members (excludes halogenated alkanes) is 1. The number of imidazole rings is 1. The third-order valence-corrected chi connectivity index (χ3v) is 3.00. The molecule has 1 rings (SSSR count). The minimum Gasteiger partial charge on any atom is -0.370 e. The van der Waals surface area contributed by atoms with Crippen LogP contribution in [-0.4, -0.2) is 53.5 Å². The molecule has 6 N–H and O–H groups in total. The zero-order valence-corrected chi connectivity index (χ0v) is 12.8. The summed E-state index contributed by atoms with van der Waals surface area (Å²) in [5.74, 6) is 0.587. The number of nitriles is 1. The fourth-order valence-corrected chi connectivity index (χ4v) is 1.71. The molecular formula is C13H23N9. The molecule has 22 heavy (non-hydrogen) atoms. The Kier molecular flexibility index (Phi) is 7.89. The van der Waals surface area contributed by atoms with Crippen molar-refractivity contribution in [3.8, 4) is 6.19 Å². The maximum Gasteiger partial charge on any atom is 0.209 e. The second kappa shape index (κ2) is 10.0. The van der Waals surface area contributed by atoms with Crippen molar-refractivity contribution < 1.29 is 0 Å². The molecule has 0 aliphatic rings. The topological polar surface area (TPSA) is 144 Å². The smallest absolute Gasteiger partial charge is 0.209 e. The zero-order chi connectivity index (χ0) is 16.2. The first-order valence-corrected chi connectivity index (χ1v) is 7.08. The normalized spacial score (nSPS) is 12.0. The van der Waals surface area contributed by atoms with Gasteiger partial charge in [-0.3, -0.25) is 4.99 Å². The first kappa shape index (κ1) is 17.3. The Morgan fingerprint density at radius 2 is 2.32 bits per heavy atom. The molecule has 0 unspecified atom stereocenters. The highest BCUT2D eigenvalue weighted by atomic mass is 15.2. The van der Waals surface area contributed by atoms with Crippen LogP contribution in [0.2, 0.25) is 0 Å². The van der Waals surface area contributed by atoms with E-state index >= 15 is 0 Å². The average Bonchev–Trinajstić information content (AvgIpc) is 3.00. The molecule has 0 saturated heterocycles. The molecule has 9 heteroatoms. The molecule has 1 aromatic heterocycles. The van der Waals surface area contributed by atoms with Gasteiger partial charge >= 0.3 is 0 Å². The maximum atomic E-state index is 8.40. The third-order valence-electron chi connectivity index (χ3n) is 3.00. The predicted molar refractivity (Wildman–Crippen MR) is 85.9 cm³/mol. The largest absolute Gasteiger partial charge is 0.370 e. The van der Waals surface area contributed by atoms with E-state index in [1.807, 2.05) is 6.20 Å². The SMILES string of the molecule is CN(CCNC(N)=NCCCCc1cnc[nH]1)C(N)=NC#N. The van der Waals surface area contributed by atoms with Gasteiger partial charge in [0.25, 0.3) is 0 Å². The lowest BCUT2D eigenvalue weighted by molar-refractivity contribution is 0.498. The summed E-state index contributed by atoms with van der Waals surface area (Å²) in [5, 5.41) is 11.4. The minimum absolute atomic E-state index is 0.179. The molecule has 0 aliphatic carbocycles. The molecule has 9 nitrogen and oxygen atoms in total. The van der Waals surface area contributed by atoms with E-state index in [1.54, 1.807) is 24.5 Å². The number of guanidine groups is 2. The summed E-state index contributed by atoms with van der Waals surface area (Å²) in [7, 11) is 1.75. The number of nitrogens with two attached hydrogens (primary N) is 2. The van der Waals surface area contributed by atoms with Crippen LogP contribution in [0.4, 0.5) is 0 Å². The van der Waals surface area contributed by atoms with Crippen LogP contribution in [0.5, 0.6) is 0 Å². The quantitative estimate of drug-likeness (QED) is 0.218. The highest BCUT2D eigenvalue weighted by Gasteiger charge is 2.01. The summed E-state index contributed by atoms with van der Waals surface area (Å²) in [5.41, 5.74) is 12.5. The van der Waals surface area contributed by atoms with E-state index in [9.17, 15) is 0 Å². The van der Waals surface area contributed by atoms with Crippen molar-refractivity contribution in [1.29, 1.82) is 5.26 Å². The molecule has 0 bridgehead atoms. The highest BCUT2D eigenvalue weighted by Crippen LogP contribution is 1.99. The van der Waals surface area contributed by atoms with Crippen LogP contribution in [0.25, 0.3) is 0 Å². The summed E-state index contributed by atoms with van der Waals surface area (Å²) in [6.07, 6.45) is 8.11. The fourth-order valence-electron chi connectivity index (χ4n) is 1.71. The van der Waals surface area contributed by atoms with Crippen LogP contribution in [0.1, 0.15) is 18.5 Å². The molecule has 0 aliphatic heterocycles. The predicted octanol–water partition coefficient (Wildman–Crippen LogP) is -0.636. The second-order valence-corrected chi connectivity index (χ2v) is 4.72. The van der Waals surface area contributed by atoms with Gasteiger partial charge in [-0.05, 0) is 19.3 Å². The number of aliphatic imine (C=N–C) groups is 2. The van der Waals surface area contributed by atoms with Crippen molar-refractivity contribution in [3.63, 3.8) is 0 Å². The Labute approximate surface area is 130 Å². The summed E-state index contributed by atoms with van der Waals surface area (Å²) >= 11 is 0. The minimum atomic E-state index is 0.179. The van der Waals surface area contributed by atoms with Crippen molar-refractivity contribution in [2.75, 3.05) is 26.7 Å². The molecule has 0 atom stereocenters. The van der Waals surface area contributed by atoms with Crippen molar-refractivity contribution in [2.45, 2.75) is 19.3 Å². The lowest BCUT2D eigenvalue weighted by Gasteiger charge is -2.17. The number of hydrogen-bond acceptors (Lipinski definition) is 4. The number of aryl methyl sites for hydroxylation is 1.